The average molecular weight is 601 g/mol. The number of ether oxygens (including phenoxy) is 2. The van der Waals surface area contributed by atoms with Crippen LogP contribution in [0.25, 0.3) is 0 Å². The number of pyridine rings is 1. The summed E-state index contributed by atoms with van der Waals surface area (Å²) in [6.07, 6.45) is 8.15. The number of aromatic nitrogens is 4. The van der Waals surface area contributed by atoms with Crippen LogP contribution in [0.3, 0.4) is 0 Å². The van der Waals surface area contributed by atoms with Gasteiger partial charge in [0.1, 0.15) is 23.4 Å². The minimum atomic E-state index is -0.595. The smallest absolute Gasteiger partial charge is 0.411 e. The molecule has 1 aromatic carbocycles. The Hall–Kier alpha value is -3.79. The Kier molecular flexibility index (Phi) is 7.76. The summed E-state index contributed by atoms with van der Waals surface area (Å²) < 4.78 is 13.4. The molecule has 3 aromatic rings. The normalized spacial score (nSPS) is 22.5. The quantitative estimate of drug-likeness (QED) is 0.315. The van der Waals surface area contributed by atoms with E-state index in [1.807, 2.05) is 61.6 Å². The summed E-state index contributed by atoms with van der Waals surface area (Å²) >= 11 is 0. The third-order valence-corrected chi connectivity index (χ3v) is 9.47. The van der Waals surface area contributed by atoms with E-state index in [0.717, 1.165) is 67.6 Å². The molecule has 3 aliphatic carbocycles. The van der Waals surface area contributed by atoms with Gasteiger partial charge in [-0.15, -0.1) is 10.2 Å². The van der Waals surface area contributed by atoms with E-state index in [-0.39, 0.29) is 29.1 Å². The van der Waals surface area contributed by atoms with E-state index in [2.05, 4.69) is 34.6 Å². The van der Waals surface area contributed by atoms with Crippen molar-refractivity contribution < 1.29 is 19.1 Å². The summed E-state index contributed by atoms with van der Waals surface area (Å²) in [7, 11) is 3.69. The highest BCUT2D eigenvalue weighted by Gasteiger charge is 2.50. The molecule has 0 spiro atoms. The summed E-state index contributed by atoms with van der Waals surface area (Å²) in [5, 5.41) is 11.7. The fraction of sp³-hybridized carbons (Fsp3) is 0.559. The fourth-order valence-electron chi connectivity index (χ4n) is 6.58. The molecule has 6 rings (SSSR count). The molecule has 234 valence electrons. The van der Waals surface area contributed by atoms with Gasteiger partial charge in [0.05, 0.1) is 11.5 Å². The molecule has 3 fully saturated rings. The predicted molar refractivity (Wildman–Crippen MR) is 166 cm³/mol. The maximum Gasteiger partial charge on any atom is 0.411 e. The van der Waals surface area contributed by atoms with Crippen LogP contribution in [0.4, 0.5) is 10.5 Å². The number of methoxy groups -OCH3 is 1. The molecule has 0 aliphatic heterocycles. The number of nitrogens with one attached hydrogen (secondary N) is 1. The highest BCUT2D eigenvalue weighted by molar-refractivity contribution is 6.03. The number of benzene rings is 1. The molecule has 0 radical (unpaired) electrons. The first-order chi connectivity index (χ1) is 20.9. The fourth-order valence-corrected chi connectivity index (χ4v) is 6.58. The van der Waals surface area contributed by atoms with Gasteiger partial charge < -0.3 is 19.4 Å². The largest absolute Gasteiger partial charge is 0.444 e. The second-order valence-electron chi connectivity index (χ2n) is 14.1. The summed E-state index contributed by atoms with van der Waals surface area (Å²) in [5.41, 5.74) is 2.69. The van der Waals surface area contributed by atoms with Gasteiger partial charge in [0.2, 0.25) is 0 Å². The van der Waals surface area contributed by atoms with Crippen molar-refractivity contribution in [3.63, 3.8) is 0 Å². The van der Waals surface area contributed by atoms with Crippen molar-refractivity contribution in [1.82, 2.24) is 24.6 Å². The third-order valence-electron chi connectivity index (χ3n) is 9.47. The highest BCUT2D eigenvalue weighted by Crippen LogP contribution is 2.49. The van der Waals surface area contributed by atoms with Crippen molar-refractivity contribution in [3.05, 3.63) is 71.1 Å². The second kappa shape index (κ2) is 11.3. The minimum absolute atomic E-state index is 0.139. The van der Waals surface area contributed by atoms with Gasteiger partial charge in [-0.3, -0.25) is 9.69 Å². The van der Waals surface area contributed by atoms with Gasteiger partial charge in [-0.1, -0.05) is 12.1 Å². The Bertz CT molecular complexity index is 1550. The van der Waals surface area contributed by atoms with Gasteiger partial charge in [0, 0.05) is 43.5 Å². The zero-order valence-electron chi connectivity index (χ0n) is 26.7. The van der Waals surface area contributed by atoms with Gasteiger partial charge in [-0.05, 0) is 108 Å². The van der Waals surface area contributed by atoms with Crippen molar-refractivity contribution in [1.29, 1.82) is 0 Å². The molecule has 10 heteroatoms. The number of rotatable bonds is 9. The number of aryl methyl sites for hydroxylation is 1. The Balaban J connectivity index is 1.26. The van der Waals surface area contributed by atoms with E-state index in [1.165, 1.54) is 0 Å². The summed E-state index contributed by atoms with van der Waals surface area (Å²) in [6, 6.07) is 11.8. The van der Waals surface area contributed by atoms with Crippen LogP contribution >= 0.6 is 0 Å². The summed E-state index contributed by atoms with van der Waals surface area (Å²) in [5.74, 6) is 0.950. The number of amides is 2. The molecule has 0 bridgehead atoms. The van der Waals surface area contributed by atoms with Crippen LogP contribution in [0, 0.1) is 0 Å². The zero-order valence-corrected chi connectivity index (χ0v) is 26.7. The first kappa shape index (κ1) is 30.2. The standard InChI is InChI=1S/C34H44N6O4/c1-32(2,3)44-31(42)40(33(4)13-8-14-33)20-22-15-27(23-11-12-23)37-28(16-22)29(41)36-25-10-7-9-24(17-25)34(18-26(19-34)43-6)30-38-35-21-39(30)5/h7,9-10,15-17,21,23,26H,8,11-14,18-20H2,1-6H3,(H,36,41). The SMILES string of the molecule is COC1CC(c2cccc(NC(=O)c3cc(CN(C(=O)OC(C)(C)C)C4(C)CCC4)cc(C4CC4)n3)c2)(c2nncn2C)C1. The van der Waals surface area contributed by atoms with Crippen molar-refractivity contribution in [3.8, 4) is 0 Å². The molecule has 2 aromatic heterocycles. The predicted octanol–water partition coefficient (Wildman–Crippen LogP) is 6.11. The topological polar surface area (TPSA) is 111 Å². The van der Waals surface area contributed by atoms with E-state index in [1.54, 1.807) is 13.4 Å². The van der Waals surface area contributed by atoms with Crippen molar-refractivity contribution in [2.75, 3.05) is 12.4 Å². The van der Waals surface area contributed by atoms with Crippen LogP contribution in [-0.2, 0) is 28.5 Å². The van der Waals surface area contributed by atoms with Crippen molar-refractivity contribution >= 4 is 17.7 Å². The van der Waals surface area contributed by atoms with Crippen LogP contribution in [0.2, 0.25) is 0 Å². The van der Waals surface area contributed by atoms with E-state index in [0.29, 0.717) is 23.8 Å². The van der Waals surface area contributed by atoms with Gasteiger partial charge in [0.15, 0.2) is 0 Å². The van der Waals surface area contributed by atoms with E-state index in [9.17, 15) is 9.59 Å². The molecule has 0 unspecified atom stereocenters. The van der Waals surface area contributed by atoms with Crippen molar-refractivity contribution in [2.24, 2.45) is 7.05 Å². The number of carbonyl (C=O) groups is 2. The van der Waals surface area contributed by atoms with Crippen LogP contribution in [-0.4, -0.2) is 61.0 Å². The molecule has 3 saturated carbocycles. The monoisotopic (exact) mass is 600 g/mol. The van der Waals surface area contributed by atoms with E-state index >= 15 is 0 Å². The second-order valence-corrected chi connectivity index (χ2v) is 14.1. The first-order valence-electron chi connectivity index (χ1n) is 15.7. The lowest BCUT2D eigenvalue weighted by Crippen LogP contribution is -2.54. The molecular formula is C34H44N6O4. The Morgan fingerprint density at radius 1 is 1.14 bits per heavy atom. The lowest BCUT2D eigenvalue weighted by molar-refractivity contribution is -0.0238. The number of anilines is 1. The lowest BCUT2D eigenvalue weighted by Gasteiger charge is -2.47. The van der Waals surface area contributed by atoms with Crippen LogP contribution in [0.1, 0.15) is 112 Å². The van der Waals surface area contributed by atoms with Gasteiger partial charge in [-0.2, -0.15) is 0 Å². The van der Waals surface area contributed by atoms with Crippen LogP contribution < -0.4 is 5.32 Å². The van der Waals surface area contributed by atoms with E-state index in [4.69, 9.17) is 14.5 Å². The molecule has 44 heavy (non-hydrogen) atoms. The molecule has 10 nitrogen and oxygen atoms in total. The maximum atomic E-state index is 13.7. The van der Waals surface area contributed by atoms with Crippen LogP contribution in [0.15, 0.2) is 42.7 Å². The molecule has 0 saturated heterocycles. The Morgan fingerprint density at radius 2 is 1.89 bits per heavy atom. The molecule has 2 heterocycles. The van der Waals surface area contributed by atoms with Gasteiger partial charge >= 0.3 is 6.09 Å². The molecule has 2 amide bonds. The molecule has 3 aliphatic rings. The summed E-state index contributed by atoms with van der Waals surface area (Å²) in [6.45, 7) is 8.14. The van der Waals surface area contributed by atoms with Crippen LogP contribution in [0.5, 0.6) is 0 Å². The number of hydrogen-bond donors (Lipinski definition) is 1. The Morgan fingerprint density at radius 3 is 2.48 bits per heavy atom. The summed E-state index contributed by atoms with van der Waals surface area (Å²) in [4.78, 5) is 33.7. The number of hydrogen-bond acceptors (Lipinski definition) is 7. The van der Waals surface area contributed by atoms with E-state index < -0.39 is 5.60 Å². The first-order valence-corrected chi connectivity index (χ1v) is 15.7. The molecule has 1 N–H and O–H groups in total. The molecule has 0 atom stereocenters. The molecular weight excluding hydrogens is 556 g/mol. The Labute approximate surface area is 259 Å². The van der Waals surface area contributed by atoms with Gasteiger partial charge in [0.25, 0.3) is 5.91 Å². The highest BCUT2D eigenvalue weighted by atomic mass is 16.6. The number of nitrogens with zero attached hydrogens (tertiary/aromatic N) is 5. The lowest BCUT2D eigenvalue weighted by atomic mass is 9.62. The van der Waals surface area contributed by atoms with Crippen molar-refractivity contribution in [2.45, 2.75) is 108 Å². The van der Waals surface area contributed by atoms with Gasteiger partial charge in [-0.25, -0.2) is 9.78 Å². The minimum Gasteiger partial charge on any atom is -0.444 e. The zero-order chi connectivity index (χ0) is 31.3. The third kappa shape index (κ3) is 5.96. The maximum absolute atomic E-state index is 13.7. The average Bonchev–Trinajstić information content (AvgIpc) is 3.70. The number of carbonyl (C=O) groups excluding carboxylic acids is 2.